The molecule has 2 aromatic heterocycles. The number of Topliss-reactive ketones (excluding diaryl/α,β-unsaturated/α-hetero) is 1. The van der Waals surface area contributed by atoms with Crippen LogP contribution in [0, 0.1) is 0 Å². The fourth-order valence-corrected chi connectivity index (χ4v) is 2.39. The molecule has 0 saturated heterocycles. The first-order valence-corrected chi connectivity index (χ1v) is 8.77. The Hall–Kier alpha value is -3.81. The maximum absolute atomic E-state index is 12.1. The molecule has 3 aromatic rings. The van der Waals surface area contributed by atoms with Crippen LogP contribution in [0.15, 0.2) is 60.8 Å². The Kier molecular flexibility index (Phi) is 6.25. The summed E-state index contributed by atoms with van der Waals surface area (Å²) in [5, 5.41) is 17.1. The number of carbonyl (C=O) groups is 2. The van der Waals surface area contributed by atoms with Crippen molar-refractivity contribution in [1.29, 1.82) is 0 Å². The van der Waals surface area contributed by atoms with Crippen molar-refractivity contribution in [2.24, 2.45) is 0 Å². The van der Waals surface area contributed by atoms with Gasteiger partial charge < -0.3 is 16.0 Å². The van der Waals surface area contributed by atoms with Crippen molar-refractivity contribution in [1.82, 2.24) is 20.5 Å². The number of nitrogens with zero attached hydrogens (tertiary/aromatic N) is 3. The Balaban J connectivity index is 1.42. The van der Waals surface area contributed by atoms with E-state index in [0.29, 0.717) is 41.7 Å². The summed E-state index contributed by atoms with van der Waals surface area (Å²) in [6.45, 7) is 2.41. The molecule has 0 atom stereocenters. The average molecular weight is 376 g/mol. The van der Waals surface area contributed by atoms with Gasteiger partial charge in [0.15, 0.2) is 11.6 Å². The van der Waals surface area contributed by atoms with E-state index in [4.69, 9.17) is 0 Å². The van der Waals surface area contributed by atoms with Gasteiger partial charge in [-0.2, -0.15) is 0 Å². The van der Waals surface area contributed by atoms with E-state index in [-0.39, 0.29) is 11.7 Å². The Morgan fingerprint density at radius 2 is 1.54 bits per heavy atom. The molecule has 0 saturated carbocycles. The number of carbonyl (C=O) groups excluding carboxylic acids is 2. The first-order valence-electron chi connectivity index (χ1n) is 8.77. The van der Waals surface area contributed by atoms with Crippen molar-refractivity contribution in [3.8, 4) is 0 Å². The zero-order valence-electron chi connectivity index (χ0n) is 15.3. The van der Waals surface area contributed by atoms with Gasteiger partial charge in [-0.15, -0.1) is 10.2 Å². The number of hydrogen-bond acceptors (Lipinski definition) is 7. The number of amides is 1. The quantitative estimate of drug-likeness (QED) is 0.410. The van der Waals surface area contributed by atoms with E-state index in [1.165, 1.54) is 6.92 Å². The highest BCUT2D eigenvalue weighted by atomic mass is 16.1. The maximum atomic E-state index is 12.1. The summed E-state index contributed by atoms with van der Waals surface area (Å²) in [4.78, 5) is 27.5. The molecule has 8 heteroatoms. The fraction of sp³-hybridized carbons (Fsp3) is 0.150. The summed E-state index contributed by atoms with van der Waals surface area (Å²) >= 11 is 0. The molecule has 0 unspecified atom stereocenters. The van der Waals surface area contributed by atoms with E-state index in [9.17, 15) is 9.59 Å². The number of aromatic nitrogens is 3. The van der Waals surface area contributed by atoms with E-state index >= 15 is 0 Å². The molecule has 2 heterocycles. The lowest BCUT2D eigenvalue weighted by Crippen LogP contribution is -2.28. The highest BCUT2D eigenvalue weighted by Crippen LogP contribution is 2.11. The highest BCUT2D eigenvalue weighted by Gasteiger charge is 2.06. The molecule has 0 spiro atoms. The Morgan fingerprint density at radius 1 is 0.821 bits per heavy atom. The Labute approximate surface area is 162 Å². The number of ketones is 1. The van der Waals surface area contributed by atoms with Gasteiger partial charge in [0.2, 0.25) is 0 Å². The molecular formula is C20H20N6O2. The van der Waals surface area contributed by atoms with Gasteiger partial charge in [-0.3, -0.25) is 9.59 Å². The number of benzene rings is 1. The van der Waals surface area contributed by atoms with Crippen LogP contribution >= 0.6 is 0 Å². The van der Waals surface area contributed by atoms with Gasteiger partial charge >= 0.3 is 0 Å². The molecule has 3 N–H and O–H groups in total. The number of anilines is 3. The van der Waals surface area contributed by atoms with Crippen molar-refractivity contribution < 1.29 is 9.59 Å². The molecule has 0 fully saturated rings. The van der Waals surface area contributed by atoms with Crippen LogP contribution in [0.2, 0.25) is 0 Å². The van der Waals surface area contributed by atoms with Gasteiger partial charge in [0.1, 0.15) is 11.6 Å². The molecule has 0 aliphatic heterocycles. The van der Waals surface area contributed by atoms with Crippen molar-refractivity contribution in [3.05, 3.63) is 71.9 Å². The first kappa shape index (κ1) is 19.0. The molecule has 142 valence electrons. The number of nitrogens with one attached hydrogen (secondary N) is 3. The van der Waals surface area contributed by atoms with Gasteiger partial charge in [0, 0.05) is 30.4 Å². The minimum atomic E-state index is -0.196. The van der Waals surface area contributed by atoms with E-state index < -0.39 is 0 Å². The van der Waals surface area contributed by atoms with Crippen molar-refractivity contribution in [2.75, 3.05) is 23.7 Å². The second-order valence-corrected chi connectivity index (χ2v) is 5.96. The number of rotatable bonds is 8. The third-order valence-electron chi connectivity index (χ3n) is 3.86. The summed E-state index contributed by atoms with van der Waals surface area (Å²) in [7, 11) is 0. The van der Waals surface area contributed by atoms with E-state index in [0.717, 1.165) is 0 Å². The molecule has 0 aliphatic carbocycles. The van der Waals surface area contributed by atoms with Crippen LogP contribution in [-0.4, -0.2) is 40.0 Å². The third kappa shape index (κ3) is 5.34. The average Bonchev–Trinajstić information content (AvgIpc) is 2.73. The van der Waals surface area contributed by atoms with E-state index in [2.05, 4.69) is 31.1 Å². The van der Waals surface area contributed by atoms with Gasteiger partial charge in [0.25, 0.3) is 5.91 Å². The van der Waals surface area contributed by atoms with Crippen LogP contribution in [0.1, 0.15) is 27.6 Å². The zero-order valence-corrected chi connectivity index (χ0v) is 15.3. The van der Waals surface area contributed by atoms with Crippen LogP contribution in [0.4, 0.5) is 17.5 Å². The van der Waals surface area contributed by atoms with Gasteiger partial charge in [0.05, 0.1) is 0 Å². The summed E-state index contributed by atoms with van der Waals surface area (Å²) < 4.78 is 0. The molecule has 3 rings (SSSR count). The largest absolute Gasteiger partial charge is 0.367 e. The number of hydrogen-bond donors (Lipinski definition) is 3. The lowest BCUT2D eigenvalue weighted by Gasteiger charge is -2.08. The van der Waals surface area contributed by atoms with Gasteiger partial charge in [-0.25, -0.2) is 4.98 Å². The van der Waals surface area contributed by atoms with Crippen molar-refractivity contribution in [3.63, 3.8) is 0 Å². The van der Waals surface area contributed by atoms with Gasteiger partial charge in [-0.05, 0) is 43.3 Å². The van der Waals surface area contributed by atoms with Crippen LogP contribution in [0.25, 0.3) is 0 Å². The standard InChI is InChI=1S/C20H20N6O2/c1-14(27)15-5-7-16(8-6-15)20(28)23-13-12-22-18-9-10-19(26-25-18)24-17-4-2-3-11-21-17/h2-11H,12-13H2,1H3,(H,22,25)(H,23,28)(H,21,24,26). The van der Waals surface area contributed by atoms with Crippen molar-refractivity contribution >= 4 is 29.1 Å². The summed E-state index contributed by atoms with van der Waals surface area (Å²) in [5.74, 6) is 1.66. The minimum Gasteiger partial charge on any atom is -0.367 e. The van der Waals surface area contributed by atoms with Gasteiger partial charge in [-0.1, -0.05) is 18.2 Å². The van der Waals surface area contributed by atoms with Crippen LogP contribution in [0.3, 0.4) is 0 Å². The highest BCUT2D eigenvalue weighted by molar-refractivity contribution is 5.97. The molecule has 1 aromatic carbocycles. The Bertz CT molecular complexity index is 927. The van der Waals surface area contributed by atoms with Crippen LogP contribution in [-0.2, 0) is 0 Å². The lowest BCUT2D eigenvalue weighted by molar-refractivity contribution is 0.0953. The summed E-state index contributed by atoms with van der Waals surface area (Å²) in [6, 6.07) is 15.7. The second kappa shape index (κ2) is 9.22. The lowest BCUT2D eigenvalue weighted by atomic mass is 10.1. The predicted molar refractivity (Wildman–Crippen MR) is 107 cm³/mol. The Morgan fingerprint density at radius 3 is 2.18 bits per heavy atom. The molecule has 1 amide bonds. The third-order valence-corrected chi connectivity index (χ3v) is 3.86. The molecular weight excluding hydrogens is 356 g/mol. The molecule has 0 radical (unpaired) electrons. The molecule has 0 bridgehead atoms. The summed E-state index contributed by atoms with van der Waals surface area (Å²) in [6.07, 6.45) is 1.69. The van der Waals surface area contributed by atoms with E-state index in [1.807, 2.05) is 18.2 Å². The molecule has 8 nitrogen and oxygen atoms in total. The molecule has 0 aliphatic rings. The normalized spacial score (nSPS) is 10.2. The molecule has 28 heavy (non-hydrogen) atoms. The SMILES string of the molecule is CC(=O)c1ccc(C(=O)NCCNc2ccc(Nc3ccccn3)nn2)cc1. The van der Waals surface area contributed by atoms with E-state index in [1.54, 1.807) is 42.6 Å². The summed E-state index contributed by atoms with van der Waals surface area (Å²) in [5.41, 5.74) is 1.09. The fourth-order valence-electron chi connectivity index (χ4n) is 2.39. The first-order chi connectivity index (χ1) is 13.6. The van der Waals surface area contributed by atoms with Crippen molar-refractivity contribution in [2.45, 2.75) is 6.92 Å². The van der Waals surface area contributed by atoms with Crippen LogP contribution in [0.5, 0.6) is 0 Å². The monoisotopic (exact) mass is 376 g/mol. The number of pyridine rings is 1. The predicted octanol–water partition coefficient (Wildman–Crippen LogP) is 2.66. The van der Waals surface area contributed by atoms with Crippen LogP contribution < -0.4 is 16.0 Å². The topological polar surface area (TPSA) is 109 Å². The second-order valence-electron chi connectivity index (χ2n) is 5.96. The smallest absolute Gasteiger partial charge is 0.251 e. The minimum absolute atomic E-state index is 0.0292. The zero-order chi connectivity index (χ0) is 19.8. The maximum Gasteiger partial charge on any atom is 0.251 e.